The van der Waals surface area contributed by atoms with Crippen LogP contribution < -0.4 is 29.2 Å². The molecule has 8 rings (SSSR count). The van der Waals surface area contributed by atoms with Crippen molar-refractivity contribution in [2.45, 2.75) is 78.1 Å². The molecule has 0 aromatic heterocycles. The quantitative estimate of drug-likeness (QED) is 0.0941. The fourth-order valence-electron chi connectivity index (χ4n) is 8.07. The maximum absolute atomic E-state index is 12.3. The number of unbranched alkanes of at least 4 members (excludes halogenated alkanes) is 2. The molecule has 0 aliphatic carbocycles. The van der Waals surface area contributed by atoms with E-state index in [2.05, 4.69) is 13.8 Å². The van der Waals surface area contributed by atoms with E-state index in [4.69, 9.17) is 18.9 Å². The Morgan fingerprint density at radius 3 is 1.28 bits per heavy atom. The Kier molecular flexibility index (Phi) is 15.8. The van der Waals surface area contributed by atoms with E-state index in [1.54, 1.807) is 0 Å². The molecule has 6 aromatic rings. The average molecular weight is 998 g/mol. The van der Waals surface area contributed by atoms with E-state index in [1.807, 2.05) is 121 Å². The Bertz CT molecular complexity index is 2260. The predicted octanol–water partition coefficient (Wildman–Crippen LogP) is 9.42. The van der Waals surface area contributed by atoms with Gasteiger partial charge in [0, 0.05) is 47.9 Å². The van der Waals surface area contributed by atoms with Crippen LogP contribution in [0.3, 0.4) is 0 Å². The van der Waals surface area contributed by atoms with Crippen LogP contribution in [0.15, 0.2) is 121 Å². The second-order valence-corrected chi connectivity index (χ2v) is 15.1. The topological polar surface area (TPSA) is 117 Å². The van der Waals surface area contributed by atoms with Crippen molar-refractivity contribution in [1.29, 1.82) is 0 Å². The molecule has 0 N–H and O–H groups in total. The van der Waals surface area contributed by atoms with Crippen molar-refractivity contribution in [1.82, 2.24) is 0 Å². The number of para-hydroxylation sites is 4. The molecule has 0 radical (unpaired) electrons. The van der Waals surface area contributed by atoms with E-state index in [1.165, 1.54) is 0 Å². The zero-order valence-corrected chi connectivity index (χ0v) is 36.9. The molecule has 9 heteroatoms. The Labute approximate surface area is 372 Å². The molecule has 2 aliphatic heterocycles. The van der Waals surface area contributed by atoms with Crippen LogP contribution in [0.25, 0.3) is 0 Å². The Hall–Kier alpha value is -5.85. The van der Waals surface area contributed by atoms with Crippen LogP contribution >= 0.6 is 0 Å². The van der Waals surface area contributed by atoms with E-state index in [0.717, 1.165) is 94.9 Å². The van der Waals surface area contributed by atoms with Crippen molar-refractivity contribution in [3.05, 3.63) is 177 Å². The van der Waals surface area contributed by atoms with Gasteiger partial charge in [-0.25, -0.2) is 0 Å². The summed E-state index contributed by atoms with van der Waals surface area (Å²) in [6.07, 6.45) is 7.68. The molecule has 316 valence electrons. The van der Waals surface area contributed by atoms with Crippen LogP contribution in [-0.2, 0) is 59.6 Å². The number of carbonyl (C=O) groups is 2. The summed E-state index contributed by atoms with van der Waals surface area (Å²) in [5.41, 5.74) is 7.53. The zero-order valence-electron chi connectivity index (χ0n) is 34.6. The summed E-state index contributed by atoms with van der Waals surface area (Å²) in [6, 6.07) is 38.7. The van der Waals surface area contributed by atoms with Gasteiger partial charge in [0.1, 0.15) is 34.5 Å². The van der Waals surface area contributed by atoms with E-state index >= 15 is 0 Å². The molecule has 2 heterocycles. The predicted molar refractivity (Wildman–Crippen MR) is 229 cm³/mol. The minimum atomic E-state index is -1.15. The van der Waals surface area contributed by atoms with Gasteiger partial charge in [0.15, 0.2) is 0 Å². The molecule has 0 spiro atoms. The summed E-state index contributed by atoms with van der Waals surface area (Å²) in [6.45, 7) is 5.06. The third kappa shape index (κ3) is 10.9. The minimum absolute atomic E-state index is 0. The third-order valence-corrected chi connectivity index (χ3v) is 11.0. The van der Waals surface area contributed by atoms with Gasteiger partial charge in [0.25, 0.3) is 0 Å². The number of carboxylic acid groups (broad SMARTS) is 2. The van der Waals surface area contributed by atoms with Crippen LogP contribution in [-0.4, -0.2) is 25.2 Å². The molecule has 0 saturated heterocycles. The summed E-state index contributed by atoms with van der Waals surface area (Å²) >= 11 is 0. The maximum Gasteiger partial charge on any atom is 2.00 e. The number of ether oxygens (including phenoxy) is 4. The SMILES string of the molecule is CCCCc1cc2c(c(C(=O)[O-])c1CCOc1ccccc1)Cc1ccccc1O2.CCCCc1cc2c(c(C(=O)[O-])c1CCOc1ccccc1)Cc1ccccc1O2.[Pt+2]. The van der Waals surface area contributed by atoms with E-state index in [0.29, 0.717) is 61.5 Å². The number of carbonyl (C=O) groups excluding carboxylic acids is 2. The van der Waals surface area contributed by atoms with Gasteiger partial charge in [-0.3, -0.25) is 0 Å². The number of rotatable bonds is 16. The first kappa shape index (κ1) is 44.7. The molecule has 0 amide bonds. The summed E-state index contributed by atoms with van der Waals surface area (Å²) in [7, 11) is 0. The van der Waals surface area contributed by atoms with Crippen LogP contribution in [0.2, 0.25) is 0 Å². The number of hydrogen-bond donors (Lipinski definition) is 0. The van der Waals surface area contributed by atoms with E-state index in [-0.39, 0.29) is 32.2 Å². The second-order valence-electron chi connectivity index (χ2n) is 15.1. The Morgan fingerprint density at radius 1 is 0.525 bits per heavy atom. The number of aryl methyl sites for hydroxylation is 2. The molecular formula is C52H50O8Pt. The number of benzene rings is 6. The van der Waals surface area contributed by atoms with Crippen molar-refractivity contribution in [3.63, 3.8) is 0 Å². The number of carboxylic acids is 2. The first-order chi connectivity index (χ1) is 29.3. The standard InChI is InChI=1S/2C26H26O4.Pt/c2*1-2-3-9-18-17-24-22(16-19-10-7-8-13-23(19)30-24)25(26(27)28)21(18)14-15-29-20-11-5-4-6-12-20;/h2*4-8,10-13,17H,2-3,9,14-16H2,1H3,(H,27,28);/q;;+2/p-2. The summed E-state index contributed by atoms with van der Waals surface area (Å²) < 4.78 is 23.9. The van der Waals surface area contributed by atoms with Crippen LogP contribution in [0.4, 0.5) is 0 Å². The van der Waals surface area contributed by atoms with Gasteiger partial charge >= 0.3 is 21.1 Å². The largest absolute Gasteiger partial charge is 2.00 e. The van der Waals surface area contributed by atoms with Crippen LogP contribution in [0, 0.1) is 0 Å². The van der Waals surface area contributed by atoms with Gasteiger partial charge < -0.3 is 38.7 Å². The summed E-state index contributed by atoms with van der Waals surface area (Å²) in [4.78, 5) is 24.5. The average Bonchev–Trinajstić information content (AvgIpc) is 3.26. The Balaban J connectivity index is 0.000000201. The zero-order chi connectivity index (χ0) is 41.8. The maximum atomic E-state index is 12.3. The molecule has 6 aromatic carbocycles. The summed E-state index contributed by atoms with van der Waals surface area (Å²) in [5.74, 6) is 2.09. The minimum Gasteiger partial charge on any atom is -0.545 e. The first-order valence-corrected chi connectivity index (χ1v) is 21.0. The first-order valence-electron chi connectivity index (χ1n) is 21.0. The molecule has 2 aliphatic rings. The monoisotopic (exact) mass is 997 g/mol. The second kappa shape index (κ2) is 21.6. The number of fused-ring (bicyclic) bond motifs is 4. The van der Waals surface area contributed by atoms with E-state index in [9.17, 15) is 19.8 Å². The van der Waals surface area contributed by atoms with Crippen LogP contribution in [0.5, 0.6) is 34.5 Å². The summed E-state index contributed by atoms with van der Waals surface area (Å²) in [5, 5.41) is 24.5. The van der Waals surface area contributed by atoms with Crippen molar-refractivity contribution in [2.75, 3.05) is 13.2 Å². The van der Waals surface area contributed by atoms with Crippen molar-refractivity contribution < 1.29 is 59.8 Å². The van der Waals surface area contributed by atoms with Crippen molar-refractivity contribution in [3.8, 4) is 34.5 Å². The molecule has 0 bridgehead atoms. The van der Waals surface area contributed by atoms with Gasteiger partial charge in [0.05, 0.1) is 25.2 Å². The van der Waals surface area contributed by atoms with Gasteiger partial charge in [-0.15, -0.1) is 0 Å². The fourth-order valence-corrected chi connectivity index (χ4v) is 8.07. The fraction of sp³-hybridized carbons (Fsp3) is 0.269. The smallest absolute Gasteiger partial charge is 0.545 e. The van der Waals surface area contributed by atoms with Crippen molar-refractivity contribution >= 4 is 11.9 Å². The number of aromatic carboxylic acids is 2. The van der Waals surface area contributed by atoms with Gasteiger partial charge in [-0.05, 0) is 108 Å². The third-order valence-electron chi connectivity index (χ3n) is 11.0. The molecule has 0 fully saturated rings. The molecule has 0 atom stereocenters. The number of hydrogen-bond acceptors (Lipinski definition) is 8. The molecule has 0 unspecified atom stereocenters. The molecular weight excluding hydrogens is 948 g/mol. The Morgan fingerprint density at radius 2 is 0.902 bits per heavy atom. The normalized spacial score (nSPS) is 11.7. The van der Waals surface area contributed by atoms with Gasteiger partial charge in [-0.2, -0.15) is 0 Å². The van der Waals surface area contributed by atoms with E-state index < -0.39 is 11.9 Å². The van der Waals surface area contributed by atoms with Crippen molar-refractivity contribution in [2.24, 2.45) is 0 Å². The molecule has 0 saturated carbocycles. The van der Waals surface area contributed by atoms with Gasteiger partial charge in [0.2, 0.25) is 0 Å². The molecule has 8 nitrogen and oxygen atoms in total. The van der Waals surface area contributed by atoms with Gasteiger partial charge in [-0.1, -0.05) is 99.5 Å². The van der Waals surface area contributed by atoms with Crippen LogP contribution in [0.1, 0.15) is 105 Å². The molecule has 61 heavy (non-hydrogen) atoms.